The topological polar surface area (TPSA) is 64.4 Å². The van der Waals surface area contributed by atoms with E-state index in [1.54, 1.807) is 0 Å². The minimum atomic E-state index is -0.767. The highest BCUT2D eigenvalue weighted by Crippen LogP contribution is 2.33. The van der Waals surface area contributed by atoms with E-state index in [-0.39, 0.29) is 0 Å². The van der Waals surface area contributed by atoms with E-state index in [0.717, 1.165) is 17.9 Å². The Labute approximate surface area is 100 Å². The number of carboxylic acids is 1. The van der Waals surface area contributed by atoms with Gasteiger partial charge in [-0.3, -0.25) is 9.48 Å². The molecule has 1 aromatic heterocycles. The minimum absolute atomic E-state index is 0.302. The van der Waals surface area contributed by atoms with Crippen LogP contribution < -0.4 is 0 Å². The first kappa shape index (κ1) is 12.1. The summed E-state index contributed by atoms with van der Waals surface area (Å²) in [5.74, 6) is -0.767. The molecule has 1 aliphatic rings. The number of hydrogen-bond acceptors (Lipinski definition) is 3. The van der Waals surface area contributed by atoms with Crippen LogP contribution >= 0.6 is 0 Å². The van der Waals surface area contributed by atoms with Gasteiger partial charge >= 0.3 is 5.97 Å². The molecule has 17 heavy (non-hydrogen) atoms. The Kier molecular flexibility index (Phi) is 3.19. The van der Waals surface area contributed by atoms with Crippen LogP contribution in [-0.2, 0) is 22.5 Å². The summed E-state index contributed by atoms with van der Waals surface area (Å²) in [5, 5.41) is 13.7. The fourth-order valence-corrected chi connectivity index (χ4v) is 2.35. The zero-order valence-corrected chi connectivity index (χ0v) is 10.3. The number of carboxylic acid groups (broad SMARTS) is 1. The molecule has 94 valence electrons. The summed E-state index contributed by atoms with van der Waals surface area (Å²) in [6, 6.07) is 1.96. The fourth-order valence-electron chi connectivity index (χ4n) is 2.35. The van der Waals surface area contributed by atoms with Gasteiger partial charge in [-0.1, -0.05) is 0 Å². The molecule has 5 heteroatoms. The molecule has 1 saturated heterocycles. The molecule has 1 N–H and O–H groups in total. The molecule has 0 radical (unpaired) electrons. The van der Waals surface area contributed by atoms with E-state index in [1.807, 2.05) is 24.6 Å². The first-order valence-corrected chi connectivity index (χ1v) is 5.92. The Morgan fingerprint density at radius 1 is 1.71 bits per heavy atom. The number of nitrogens with zero attached hydrogens (tertiary/aromatic N) is 2. The quantitative estimate of drug-likeness (QED) is 0.857. The van der Waals surface area contributed by atoms with Gasteiger partial charge in [0.25, 0.3) is 0 Å². The van der Waals surface area contributed by atoms with E-state index in [2.05, 4.69) is 5.10 Å². The molecule has 0 amide bonds. The van der Waals surface area contributed by atoms with Crippen LogP contribution in [0.2, 0.25) is 0 Å². The van der Waals surface area contributed by atoms with Gasteiger partial charge in [-0.05, 0) is 26.3 Å². The zero-order valence-electron chi connectivity index (χ0n) is 10.3. The summed E-state index contributed by atoms with van der Waals surface area (Å²) in [4.78, 5) is 11.4. The third kappa shape index (κ3) is 2.20. The Morgan fingerprint density at radius 3 is 3.00 bits per heavy atom. The largest absolute Gasteiger partial charge is 0.481 e. The molecule has 5 nitrogen and oxygen atoms in total. The van der Waals surface area contributed by atoms with Gasteiger partial charge in [0.05, 0.1) is 17.7 Å². The molecule has 0 aromatic carbocycles. The normalized spacial score (nSPS) is 24.1. The van der Waals surface area contributed by atoms with Crippen molar-refractivity contribution in [3.05, 3.63) is 17.5 Å². The van der Waals surface area contributed by atoms with Gasteiger partial charge in [0, 0.05) is 25.3 Å². The molecule has 0 spiro atoms. The van der Waals surface area contributed by atoms with E-state index in [9.17, 15) is 9.90 Å². The van der Waals surface area contributed by atoms with Crippen molar-refractivity contribution < 1.29 is 14.6 Å². The third-order valence-corrected chi connectivity index (χ3v) is 3.36. The summed E-state index contributed by atoms with van der Waals surface area (Å²) in [5.41, 5.74) is 1.15. The molecule has 2 heterocycles. The molecule has 1 atom stereocenters. The van der Waals surface area contributed by atoms with Crippen molar-refractivity contribution in [1.82, 2.24) is 9.78 Å². The first-order chi connectivity index (χ1) is 8.07. The van der Waals surface area contributed by atoms with Gasteiger partial charge in [-0.15, -0.1) is 0 Å². The standard InChI is InChI=1S/C12H18N2O3/c1-3-14-10(6-9(2)13-14)7-12(11(15)16)4-5-17-8-12/h6H,3-5,7-8H2,1-2H3,(H,15,16). The highest BCUT2D eigenvalue weighted by atomic mass is 16.5. The van der Waals surface area contributed by atoms with Crippen LogP contribution in [0.15, 0.2) is 6.07 Å². The number of aryl methyl sites for hydroxylation is 2. The average Bonchev–Trinajstić information content (AvgIpc) is 2.86. The third-order valence-electron chi connectivity index (χ3n) is 3.36. The van der Waals surface area contributed by atoms with Crippen molar-refractivity contribution in [2.45, 2.75) is 33.2 Å². The van der Waals surface area contributed by atoms with Gasteiger partial charge < -0.3 is 9.84 Å². The molecule has 0 saturated carbocycles. The predicted octanol–water partition coefficient (Wildman–Crippen LogP) is 1.25. The van der Waals surface area contributed by atoms with Crippen molar-refractivity contribution >= 4 is 5.97 Å². The van der Waals surface area contributed by atoms with Gasteiger partial charge in [-0.25, -0.2) is 0 Å². The molecule has 1 fully saturated rings. The molecule has 1 unspecified atom stereocenters. The second-order valence-electron chi connectivity index (χ2n) is 4.66. The Balaban J connectivity index is 2.26. The van der Waals surface area contributed by atoms with E-state index in [1.165, 1.54) is 0 Å². The number of aliphatic carboxylic acids is 1. The highest BCUT2D eigenvalue weighted by Gasteiger charge is 2.43. The van der Waals surface area contributed by atoms with Crippen molar-refractivity contribution in [3.63, 3.8) is 0 Å². The maximum atomic E-state index is 11.4. The second-order valence-corrected chi connectivity index (χ2v) is 4.66. The minimum Gasteiger partial charge on any atom is -0.481 e. The predicted molar refractivity (Wildman–Crippen MR) is 61.8 cm³/mol. The van der Waals surface area contributed by atoms with Crippen LogP contribution in [-0.4, -0.2) is 34.1 Å². The van der Waals surface area contributed by atoms with E-state index < -0.39 is 11.4 Å². The molecule has 1 aliphatic heterocycles. The molecular formula is C12H18N2O3. The lowest BCUT2D eigenvalue weighted by atomic mass is 9.82. The Hall–Kier alpha value is -1.36. The lowest BCUT2D eigenvalue weighted by molar-refractivity contribution is -0.149. The van der Waals surface area contributed by atoms with Crippen LogP contribution in [0.1, 0.15) is 24.7 Å². The molecular weight excluding hydrogens is 220 g/mol. The van der Waals surface area contributed by atoms with E-state index in [4.69, 9.17) is 4.74 Å². The van der Waals surface area contributed by atoms with Gasteiger partial charge in [0.1, 0.15) is 0 Å². The fraction of sp³-hybridized carbons (Fsp3) is 0.667. The molecule has 0 bridgehead atoms. The SMILES string of the molecule is CCn1nc(C)cc1CC1(C(=O)O)CCOC1. The smallest absolute Gasteiger partial charge is 0.312 e. The monoisotopic (exact) mass is 238 g/mol. The van der Waals surface area contributed by atoms with E-state index in [0.29, 0.717) is 26.1 Å². The maximum Gasteiger partial charge on any atom is 0.312 e. The maximum absolute atomic E-state index is 11.4. The summed E-state index contributed by atoms with van der Waals surface area (Å²) < 4.78 is 7.14. The summed E-state index contributed by atoms with van der Waals surface area (Å²) >= 11 is 0. The van der Waals surface area contributed by atoms with Crippen LogP contribution in [0.25, 0.3) is 0 Å². The van der Waals surface area contributed by atoms with Crippen LogP contribution in [0, 0.1) is 12.3 Å². The first-order valence-electron chi connectivity index (χ1n) is 5.92. The molecule has 1 aromatic rings. The van der Waals surface area contributed by atoms with Crippen LogP contribution in [0.3, 0.4) is 0 Å². The summed E-state index contributed by atoms with van der Waals surface area (Å²) in [7, 11) is 0. The number of aromatic nitrogens is 2. The van der Waals surface area contributed by atoms with Crippen LogP contribution in [0.5, 0.6) is 0 Å². The van der Waals surface area contributed by atoms with Gasteiger partial charge in [-0.2, -0.15) is 5.10 Å². The molecule has 0 aliphatic carbocycles. The Bertz CT molecular complexity index is 419. The highest BCUT2D eigenvalue weighted by molar-refractivity contribution is 5.75. The lowest BCUT2D eigenvalue weighted by Gasteiger charge is -2.22. The summed E-state index contributed by atoms with van der Waals surface area (Å²) in [6.45, 7) is 5.53. The zero-order chi connectivity index (χ0) is 12.5. The van der Waals surface area contributed by atoms with Crippen LogP contribution in [0.4, 0.5) is 0 Å². The number of ether oxygens (including phenoxy) is 1. The van der Waals surface area contributed by atoms with Crippen molar-refractivity contribution in [1.29, 1.82) is 0 Å². The molecule has 2 rings (SSSR count). The second kappa shape index (κ2) is 4.49. The van der Waals surface area contributed by atoms with Crippen molar-refractivity contribution in [3.8, 4) is 0 Å². The van der Waals surface area contributed by atoms with E-state index >= 15 is 0 Å². The van der Waals surface area contributed by atoms with Crippen molar-refractivity contribution in [2.24, 2.45) is 5.41 Å². The number of carbonyl (C=O) groups is 1. The lowest BCUT2D eigenvalue weighted by Crippen LogP contribution is -2.34. The Morgan fingerprint density at radius 2 is 2.47 bits per heavy atom. The number of hydrogen-bond donors (Lipinski definition) is 1. The average molecular weight is 238 g/mol. The van der Waals surface area contributed by atoms with Crippen molar-refractivity contribution in [2.75, 3.05) is 13.2 Å². The van der Waals surface area contributed by atoms with Gasteiger partial charge in [0.2, 0.25) is 0 Å². The summed E-state index contributed by atoms with van der Waals surface area (Å²) in [6.07, 6.45) is 1.08. The number of rotatable bonds is 4. The van der Waals surface area contributed by atoms with Gasteiger partial charge in [0.15, 0.2) is 0 Å².